The first kappa shape index (κ1) is 17.3. The quantitative estimate of drug-likeness (QED) is 0.639. The smallest absolute Gasteiger partial charge is 0.209 e. The van der Waals surface area contributed by atoms with E-state index in [0.29, 0.717) is 11.9 Å². The van der Waals surface area contributed by atoms with Crippen molar-refractivity contribution in [3.63, 3.8) is 0 Å². The molecule has 126 valence electrons. The minimum Gasteiger partial charge on any atom is -0.440 e. The zero-order chi connectivity index (χ0) is 16.8. The summed E-state index contributed by atoms with van der Waals surface area (Å²) in [6.07, 6.45) is 3.01. The molecule has 23 heavy (non-hydrogen) atoms. The van der Waals surface area contributed by atoms with E-state index in [0.717, 1.165) is 43.1 Å². The summed E-state index contributed by atoms with van der Waals surface area (Å²) in [5.41, 5.74) is 2.31. The van der Waals surface area contributed by atoms with Gasteiger partial charge >= 0.3 is 0 Å². The molecule has 0 bridgehead atoms. The van der Waals surface area contributed by atoms with Crippen molar-refractivity contribution < 1.29 is 4.74 Å². The Labute approximate surface area is 139 Å². The Hall–Kier alpha value is -2.04. The zero-order valence-corrected chi connectivity index (χ0v) is 14.9. The minimum absolute atomic E-state index is 0.290. The van der Waals surface area contributed by atoms with E-state index >= 15 is 0 Å². The van der Waals surface area contributed by atoms with E-state index in [2.05, 4.69) is 42.2 Å². The lowest BCUT2D eigenvalue weighted by molar-refractivity contribution is 0.364. The summed E-state index contributed by atoms with van der Waals surface area (Å²) in [4.78, 5) is 4.52. The van der Waals surface area contributed by atoms with Gasteiger partial charge in [-0.25, -0.2) is 5.01 Å². The second-order valence-corrected chi connectivity index (χ2v) is 5.82. The predicted molar refractivity (Wildman–Crippen MR) is 97.6 cm³/mol. The van der Waals surface area contributed by atoms with Crippen molar-refractivity contribution in [2.75, 3.05) is 18.9 Å². The van der Waals surface area contributed by atoms with Crippen LogP contribution in [0.25, 0.3) is 0 Å². The lowest BCUT2D eigenvalue weighted by Crippen LogP contribution is -2.31. The highest BCUT2D eigenvalue weighted by atomic mass is 16.5. The molecule has 1 atom stereocenters. The number of hydrogen-bond acceptors (Lipinski definition) is 5. The first-order chi connectivity index (χ1) is 11.1. The number of hydrogen-bond donors (Lipinski definition) is 1. The molecule has 1 aliphatic heterocycles. The summed E-state index contributed by atoms with van der Waals surface area (Å²) in [5.74, 6) is 2.47. The van der Waals surface area contributed by atoms with E-state index in [-0.39, 0.29) is 0 Å². The average molecular weight is 316 g/mol. The SMILES string of the molecule is CCCc1cccc(OC(C)=NN2C(CC)=NCC2C)c1NC. The van der Waals surface area contributed by atoms with Crippen LogP contribution in [0.5, 0.6) is 5.75 Å². The fourth-order valence-corrected chi connectivity index (χ4v) is 2.83. The summed E-state index contributed by atoms with van der Waals surface area (Å²) in [5, 5.41) is 9.86. The molecule has 0 amide bonds. The molecular formula is C18H28N4O. The largest absolute Gasteiger partial charge is 0.440 e. The molecule has 1 aromatic rings. The van der Waals surface area contributed by atoms with E-state index < -0.39 is 0 Å². The molecule has 0 aromatic heterocycles. The van der Waals surface area contributed by atoms with E-state index in [4.69, 9.17) is 4.74 Å². The molecule has 1 heterocycles. The van der Waals surface area contributed by atoms with Crippen LogP contribution < -0.4 is 10.1 Å². The Bertz CT molecular complexity index is 595. The highest BCUT2D eigenvalue weighted by Gasteiger charge is 2.23. The van der Waals surface area contributed by atoms with Gasteiger partial charge in [0.1, 0.15) is 5.84 Å². The Balaban J connectivity index is 2.20. The van der Waals surface area contributed by atoms with E-state index in [1.807, 2.05) is 31.1 Å². The summed E-state index contributed by atoms with van der Waals surface area (Å²) in [6, 6.07) is 6.44. The number of anilines is 1. The molecule has 1 aromatic carbocycles. The molecule has 5 nitrogen and oxygen atoms in total. The number of para-hydroxylation sites is 1. The minimum atomic E-state index is 0.290. The van der Waals surface area contributed by atoms with Gasteiger partial charge < -0.3 is 10.1 Å². The molecule has 2 rings (SSSR count). The number of hydrazone groups is 1. The fraction of sp³-hybridized carbons (Fsp3) is 0.556. The number of amidine groups is 1. The molecular weight excluding hydrogens is 288 g/mol. The van der Waals surface area contributed by atoms with Crippen molar-refractivity contribution in [2.24, 2.45) is 10.1 Å². The van der Waals surface area contributed by atoms with Gasteiger partial charge in [-0.05, 0) is 25.0 Å². The van der Waals surface area contributed by atoms with Crippen molar-refractivity contribution in [3.8, 4) is 5.75 Å². The molecule has 0 saturated heterocycles. The van der Waals surface area contributed by atoms with E-state index in [9.17, 15) is 0 Å². The second kappa shape index (κ2) is 7.99. The van der Waals surface area contributed by atoms with Gasteiger partial charge in [0.2, 0.25) is 5.90 Å². The molecule has 0 spiro atoms. The van der Waals surface area contributed by atoms with Gasteiger partial charge in [0.25, 0.3) is 0 Å². The van der Waals surface area contributed by atoms with Crippen molar-refractivity contribution in [3.05, 3.63) is 23.8 Å². The van der Waals surface area contributed by atoms with Gasteiger partial charge in [-0.1, -0.05) is 32.4 Å². The van der Waals surface area contributed by atoms with Crippen LogP contribution in [-0.2, 0) is 6.42 Å². The average Bonchev–Trinajstić information content (AvgIpc) is 2.88. The lowest BCUT2D eigenvalue weighted by atomic mass is 10.1. The Morgan fingerprint density at radius 3 is 2.87 bits per heavy atom. The maximum absolute atomic E-state index is 6.02. The van der Waals surface area contributed by atoms with Crippen LogP contribution in [0.4, 0.5) is 5.69 Å². The highest BCUT2D eigenvalue weighted by molar-refractivity contribution is 5.86. The Kier molecular flexibility index (Phi) is 6.02. The van der Waals surface area contributed by atoms with Gasteiger partial charge in [0, 0.05) is 20.4 Å². The molecule has 1 unspecified atom stereocenters. The van der Waals surface area contributed by atoms with Gasteiger partial charge in [0.15, 0.2) is 5.75 Å². The van der Waals surface area contributed by atoms with Gasteiger partial charge in [-0.15, -0.1) is 5.10 Å². The van der Waals surface area contributed by atoms with E-state index in [1.54, 1.807) is 0 Å². The van der Waals surface area contributed by atoms with Crippen LogP contribution in [0.3, 0.4) is 0 Å². The number of aliphatic imine (C=N–C) groups is 1. The second-order valence-electron chi connectivity index (χ2n) is 5.82. The maximum atomic E-state index is 6.02. The number of rotatable bonds is 6. The summed E-state index contributed by atoms with van der Waals surface area (Å²) >= 11 is 0. The highest BCUT2D eigenvalue weighted by Crippen LogP contribution is 2.29. The van der Waals surface area contributed by atoms with Crippen molar-refractivity contribution in [1.82, 2.24) is 5.01 Å². The molecule has 0 aliphatic carbocycles. The van der Waals surface area contributed by atoms with Crippen LogP contribution in [0.2, 0.25) is 0 Å². The lowest BCUT2D eigenvalue weighted by Gasteiger charge is -2.20. The zero-order valence-electron chi connectivity index (χ0n) is 14.9. The predicted octanol–water partition coefficient (Wildman–Crippen LogP) is 3.91. The van der Waals surface area contributed by atoms with Crippen molar-refractivity contribution >= 4 is 17.4 Å². The maximum Gasteiger partial charge on any atom is 0.209 e. The topological polar surface area (TPSA) is 49.2 Å². The third-order valence-corrected chi connectivity index (χ3v) is 3.92. The number of nitrogens with one attached hydrogen (secondary N) is 1. The normalized spacial score (nSPS) is 18.1. The summed E-state index contributed by atoms with van der Waals surface area (Å²) in [6.45, 7) is 9.10. The number of ether oxygens (including phenoxy) is 1. The standard InChI is InChI=1S/C18H28N4O/c1-6-9-15-10-8-11-16(18(15)19-5)23-14(4)21-22-13(3)12-20-17(22)7-2/h8,10-11,13,19H,6-7,9,12H2,1-5H3. The molecule has 1 aliphatic rings. The number of nitrogens with zero attached hydrogens (tertiary/aromatic N) is 3. The van der Waals surface area contributed by atoms with Gasteiger partial charge in [0.05, 0.1) is 18.3 Å². The first-order valence-electron chi connectivity index (χ1n) is 8.45. The Morgan fingerprint density at radius 1 is 1.43 bits per heavy atom. The summed E-state index contributed by atoms with van der Waals surface area (Å²) < 4.78 is 6.02. The van der Waals surface area contributed by atoms with Crippen LogP contribution in [0.15, 0.2) is 28.3 Å². The molecule has 0 fully saturated rings. The third-order valence-electron chi connectivity index (χ3n) is 3.92. The van der Waals surface area contributed by atoms with Crippen LogP contribution in [0.1, 0.15) is 46.1 Å². The van der Waals surface area contributed by atoms with Crippen LogP contribution in [-0.4, -0.2) is 36.4 Å². The molecule has 0 saturated carbocycles. The molecule has 5 heteroatoms. The monoisotopic (exact) mass is 316 g/mol. The van der Waals surface area contributed by atoms with Gasteiger partial charge in [-0.2, -0.15) is 0 Å². The molecule has 0 radical (unpaired) electrons. The number of aryl methyl sites for hydroxylation is 1. The van der Waals surface area contributed by atoms with Crippen LogP contribution >= 0.6 is 0 Å². The fourth-order valence-electron chi connectivity index (χ4n) is 2.83. The van der Waals surface area contributed by atoms with E-state index in [1.165, 1.54) is 5.56 Å². The third kappa shape index (κ3) is 4.03. The summed E-state index contributed by atoms with van der Waals surface area (Å²) in [7, 11) is 1.93. The molecule has 1 N–H and O–H groups in total. The first-order valence-corrected chi connectivity index (χ1v) is 8.45. The van der Waals surface area contributed by atoms with Gasteiger partial charge in [-0.3, -0.25) is 4.99 Å². The van der Waals surface area contributed by atoms with Crippen LogP contribution in [0, 0.1) is 0 Å². The Morgan fingerprint density at radius 2 is 2.22 bits per heavy atom. The van der Waals surface area contributed by atoms with Crippen molar-refractivity contribution in [2.45, 2.75) is 53.0 Å². The number of benzene rings is 1. The van der Waals surface area contributed by atoms with Crippen molar-refractivity contribution in [1.29, 1.82) is 0 Å².